The average molecular weight is 626 g/mol. The first-order valence-electron chi connectivity index (χ1n) is 15.2. The van der Waals surface area contributed by atoms with Gasteiger partial charge >= 0.3 is 7.60 Å². The Morgan fingerprint density at radius 2 is 1.70 bits per heavy atom. The minimum absolute atomic E-state index is 0.00640. The monoisotopic (exact) mass is 625 g/mol. The second kappa shape index (κ2) is 13.7. The van der Waals surface area contributed by atoms with Gasteiger partial charge in [0.1, 0.15) is 5.82 Å². The van der Waals surface area contributed by atoms with Gasteiger partial charge in [-0.3, -0.25) is 14.3 Å². The van der Waals surface area contributed by atoms with Gasteiger partial charge in [-0.25, -0.2) is 4.39 Å². The van der Waals surface area contributed by atoms with E-state index in [-0.39, 0.29) is 42.4 Å². The molecule has 6 nitrogen and oxygen atoms in total. The molecule has 1 heterocycles. The molecule has 0 unspecified atom stereocenters. The highest BCUT2D eigenvalue weighted by Crippen LogP contribution is 2.50. The summed E-state index contributed by atoms with van der Waals surface area (Å²) in [6, 6.07) is 14.4. The molecule has 0 bridgehead atoms. The third-order valence-corrected chi connectivity index (χ3v) is 15.0. The summed E-state index contributed by atoms with van der Waals surface area (Å²) < 4.78 is 45.2. The van der Waals surface area contributed by atoms with Gasteiger partial charge in [-0.2, -0.15) is 0 Å². The molecule has 1 aromatic heterocycles. The third-order valence-electron chi connectivity index (χ3n) is 8.27. The molecule has 4 rings (SSSR count). The van der Waals surface area contributed by atoms with Crippen molar-refractivity contribution in [2.24, 2.45) is 0 Å². The first kappa shape index (κ1) is 33.4. The number of rotatable bonds is 14. The molecule has 232 valence electrons. The van der Waals surface area contributed by atoms with Crippen molar-refractivity contribution in [3.05, 3.63) is 71.7 Å². The van der Waals surface area contributed by atoms with E-state index in [4.69, 9.17) is 18.5 Å². The number of halogens is 1. The molecule has 0 radical (unpaired) electrons. The molecule has 2 aromatic carbocycles. The van der Waals surface area contributed by atoms with Crippen molar-refractivity contribution >= 4 is 38.7 Å². The van der Waals surface area contributed by atoms with Crippen molar-refractivity contribution in [3.8, 4) is 11.1 Å². The van der Waals surface area contributed by atoms with Gasteiger partial charge in [-0.05, 0) is 80.7 Å². The van der Waals surface area contributed by atoms with Crippen LogP contribution in [0.15, 0.2) is 54.6 Å². The molecule has 1 aliphatic rings. The molecule has 3 aromatic rings. The quantitative estimate of drug-likeness (QED) is 0.101. The van der Waals surface area contributed by atoms with E-state index in [1.54, 1.807) is 32.1 Å². The molecule has 0 amide bonds. The molecule has 0 N–H and O–H groups in total. The fourth-order valence-corrected chi connectivity index (χ4v) is 8.27. The lowest BCUT2D eigenvalue weighted by Crippen LogP contribution is -2.45. The van der Waals surface area contributed by atoms with Gasteiger partial charge in [0.15, 0.2) is 14.1 Å². The highest BCUT2D eigenvalue weighted by atomic mass is 31.2. The highest BCUT2D eigenvalue weighted by molar-refractivity contribution is 7.53. The van der Waals surface area contributed by atoms with Crippen molar-refractivity contribution in [3.63, 3.8) is 0 Å². The van der Waals surface area contributed by atoms with E-state index >= 15 is 0 Å². The van der Waals surface area contributed by atoms with Crippen molar-refractivity contribution in [2.75, 3.05) is 19.4 Å². The Kier molecular flexibility index (Phi) is 10.6. The van der Waals surface area contributed by atoms with E-state index in [1.165, 1.54) is 12.1 Å². The van der Waals surface area contributed by atoms with Crippen LogP contribution in [0.4, 0.5) is 4.39 Å². The average Bonchev–Trinajstić information content (AvgIpc) is 3.76. The van der Waals surface area contributed by atoms with Crippen molar-refractivity contribution in [2.45, 2.75) is 84.0 Å². The van der Waals surface area contributed by atoms with Gasteiger partial charge in [-0.15, -0.1) is 0 Å². The van der Waals surface area contributed by atoms with Gasteiger partial charge in [-0.1, -0.05) is 51.1 Å². The number of pyridine rings is 1. The molecule has 0 aliphatic heterocycles. The number of nitrogens with zero attached hydrogens (tertiary/aromatic N) is 1. The van der Waals surface area contributed by atoms with E-state index < -0.39 is 22.0 Å². The summed E-state index contributed by atoms with van der Waals surface area (Å²) >= 11 is 0. The van der Waals surface area contributed by atoms with Crippen LogP contribution in [0.3, 0.4) is 0 Å². The fraction of sp³-hybridized carbons (Fsp3) is 0.471. The smallest absolute Gasteiger partial charge is 0.333 e. The summed E-state index contributed by atoms with van der Waals surface area (Å²) in [5.41, 5.74) is 4.49. The predicted molar refractivity (Wildman–Crippen MR) is 176 cm³/mol. The number of hydrogen-bond acceptors (Lipinski definition) is 6. The normalized spacial score (nSPS) is 15.3. The number of fused-ring (bicyclic) bond motifs is 1. The summed E-state index contributed by atoms with van der Waals surface area (Å²) in [6.45, 7) is 14.7. The van der Waals surface area contributed by atoms with Crippen LogP contribution in [-0.2, 0) is 22.8 Å². The zero-order valence-corrected chi connectivity index (χ0v) is 28.4. The zero-order chi connectivity index (χ0) is 31.4. The van der Waals surface area contributed by atoms with E-state index in [0.717, 1.165) is 46.1 Å². The maximum atomic E-state index is 13.9. The number of para-hydroxylation sites is 1. The van der Waals surface area contributed by atoms with Gasteiger partial charge in [0.2, 0.25) is 0 Å². The SMILES string of the molecule is CCOP(=O)(C[C@@H](CC(=O)/C=C/c1c(C2CC2)nc2ccccc2c1-c1ccc(F)cc1)O[Si](C)(C)C(C)(C)C)OCC. The Balaban J connectivity index is 1.72. The molecule has 0 saturated heterocycles. The number of allylic oxidation sites excluding steroid dienone is 1. The second-order valence-electron chi connectivity index (χ2n) is 12.7. The van der Waals surface area contributed by atoms with Crippen LogP contribution in [0.5, 0.6) is 0 Å². The summed E-state index contributed by atoms with van der Waals surface area (Å²) in [4.78, 5) is 18.6. The largest absolute Gasteiger partial charge is 0.413 e. The van der Waals surface area contributed by atoms with Crippen molar-refractivity contribution in [1.29, 1.82) is 0 Å². The lowest BCUT2D eigenvalue weighted by molar-refractivity contribution is -0.115. The molecule has 9 heteroatoms. The van der Waals surface area contributed by atoms with Gasteiger partial charge < -0.3 is 13.5 Å². The summed E-state index contributed by atoms with van der Waals surface area (Å²) in [7, 11) is -5.78. The van der Waals surface area contributed by atoms with Crippen molar-refractivity contribution in [1.82, 2.24) is 4.98 Å². The molecule has 0 spiro atoms. The van der Waals surface area contributed by atoms with E-state index in [9.17, 15) is 13.8 Å². The van der Waals surface area contributed by atoms with Crippen LogP contribution in [0.1, 0.15) is 71.1 Å². The van der Waals surface area contributed by atoms with E-state index in [1.807, 2.05) is 30.3 Å². The molecule has 1 atom stereocenters. The molecule has 1 aliphatic carbocycles. The van der Waals surface area contributed by atoms with Gasteiger partial charge in [0, 0.05) is 28.9 Å². The summed E-state index contributed by atoms with van der Waals surface area (Å²) in [5, 5.41) is 0.838. The van der Waals surface area contributed by atoms with Crippen LogP contribution < -0.4 is 0 Å². The Bertz CT molecular complexity index is 1500. The number of hydrogen-bond donors (Lipinski definition) is 0. The van der Waals surface area contributed by atoms with Crippen LogP contribution in [0.25, 0.3) is 28.1 Å². The Hall–Kier alpha value is -2.48. The lowest BCUT2D eigenvalue weighted by atomic mass is 9.92. The number of carbonyl (C=O) groups is 1. The van der Waals surface area contributed by atoms with Gasteiger partial charge in [0.25, 0.3) is 0 Å². The first-order valence-corrected chi connectivity index (χ1v) is 19.9. The van der Waals surface area contributed by atoms with Crippen LogP contribution >= 0.6 is 7.60 Å². The fourth-order valence-electron chi connectivity index (χ4n) is 5.00. The maximum absolute atomic E-state index is 13.9. The summed E-state index contributed by atoms with van der Waals surface area (Å²) in [5.74, 6) is -0.138. The predicted octanol–water partition coefficient (Wildman–Crippen LogP) is 9.55. The standard InChI is InChI=1S/C34H45FNO5PSi/c1-8-39-42(38,40-9-2)23-28(41-43(6,7)34(3,4)5)22-27(37)20-21-30-32(24-16-18-26(35)19-17-24)29-12-10-11-13-31(29)36-33(30)25-14-15-25/h10-13,16-21,25,28H,8-9,14-15,22-23H2,1-7H3/b21-20+/t28-/m1/s1. The van der Waals surface area contributed by atoms with E-state index in [2.05, 4.69) is 33.9 Å². The van der Waals surface area contributed by atoms with Crippen molar-refractivity contribution < 1.29 is 27.2 Å². The van der Waals surface area contributed by atoms with Gasteiger partial charge in [0.05, 0.1) is 36.7 Å². The number of carbonyl (C=O) groups excluding carboxylic acids is 1. The summed E-state index contributed by atoms with van der Waals surface area (Å²) in [6.07, 6.45) is 4.92. The third kappa shape index (κ3) is 8.37. The molecular weight excluding hydrogens is 580 g/mol. The topological polar surface area (TPSA) is 74.7 Å². The minimum atomic E-state index is -3.46. The van der Waals surface area contributed by atoms with Crippen LogP contribution in [0.2, 0.25) is 18.1 Å². The first-order chi connectivity index (χ1) is 20.3. The second-order valence-corrected chi connectivity index (χ2v) is 19.6. The van der Waals surface area contributed by atoms with Crippen LogP contribution in [-0.4, -0.2) is 44.6 Å². The highest BCUT2D eigenvalue weighted by Gasteiger charge is 2.41. The van der Waals surface area contributed by atoms with Crippen LogP contribution in [0, 0.1) is 5.82 Å². The number of aromatic nitrogens is 1. The lowest BCUT2D eigenvalue weighted by Gasteiger charge is -2.39. The Morgan fingerprint density at radius 3 is 2.28 bits per heavy atom. The Morgan fingerprint density at radius 1 is 1.07 bits per heavy atom. The maximum Gasteiger partial charge on any atom is 0.333 e. The molecular formula is C34H45FNO5PSi. The molecule has 1 saturated carbocycles. The number of ketones is 1. The Labute approximate surface area is 256 Å². The van der Waals surface area contributed by atoms with E-state index in [0.29, 0.717) is 5.92 Å². The zero-order valence-electron chi connectivity index (χ0n) is 26.5. The molecule has 43 heavy (non-hydrogen) atoms. The molecule has 1 fully saturated rings. The number of benzene rings is 2. The minimum Gasteiger partial charge on any atom is -0.413 e.